The second kappa shape index (κ2) is 11.4. The van der Waals surface area contributed by atoms with Gasteiger partial charge < -0.3 is 28.7 Å². The van der Waals surface area contributed by atoms with Gasteiger partial charge in [0.2, 0.25) is 0 Å². The molecule has 5 rings (SSSR count). The number of nitrogens with zero attached hydrogens (tertiary/aromatic N) is 4. The van der Waals surface area contributed by atoms with Gasteiger partial charge in [-0.05, 0) is 90.1 Å². The van der Waals surface area contributed by atoms with Gasteiger partial charge in [0, 0.05) is 19.0 Å². The van der Waals surface area contributed by atoms with Gasteiger partial charge in [0.05, 0.1) is 41.7 Å². The number of amides is 1. The predicted molar refractivity (Wildman–Crippen MR) is 166 cm³/mol. The van der Waals surface area contributed by atoms with Crippen LogP contribution in [0, 0.1) is 11.8 Å². The fourth-order valence-corrected chi connectivity index (χ4v) is 5.41. The Labute approximate surface area is 252 Å². The highest BCUT2D eigenvalue weighted by Gasteiger charge is 2.36. The summed E-state index contributed by atoms with van der Waals surface area (Å²) in [7, 11) is 3.52. The molecule has 3 aromatic heterocycles. The minimum atomic E-state index is -0.597. The van der Waals surface area contributed by atoms with Crippen LogP contribution in [0.3, 0.4) is 0 Å². The Morgan fingerprint density at radius 1 is 1.16 bits per heavy atom. The monoisotopic (exact) mass is 587 g/mol. The van der Waals surface area contributed by atoms with Gasteiger partial charge in [-0.1, -0.05) is 6.08 Å². The molecule has 10 heteroatoms. The molecule has 0 spiro atoms. The summed E-state index contributed by atoms with van der Waals surface area (Å²) < 4.78 is 20.8. The van der Waals surface area contributed by atoms with Crippen molar-refractivity contribution in [3.8, 4) is 17.3 Å². The first kappa shape index (κ1) is 30.1. The highest BCUT2D eigenvalue weighted by molar-refractivity contribution is 5.97. The molecule has 3 atom stereocenters. The molecule has 1 N–H and O–H groups in total. The van der Waals surface area contributed by atoms with E-state index in [2.05, 4.69) is 22.5 Å². The van der Waals surface area contributed by atoms with Gasteiger partial charge in [-0.25, -0.2) is 19.6 Å². The number of aromatic nitrogens is 4. The van der Waals surface area contributed by atoms with Crippen molar-refractivity contribution in [1.82, 2.24) is 24.4 Å². The van der Waals surface area contributed by atoms with Crippen LogP contribution in [0.5, 0.6) is 5.75 Å². The number of allylic oxidation sites excluding steroid dienone is 1. The van der Waals surface area contributed by atoms with E-state index >= 15 is 0 Å². The fraction of sp³-hybridized carbons (Fsp3) is 0.455. The first-order valence-electron chi connectivity index (χ1n) is 14.7. The maximum atomic E-state index is 12.7. The lowest BCUT2D eigenvalue weighted by Crippen LogP contribution is -2.34. The molecule has 1 saturated carbocycles. The van der Waals surface area contributed by atoms with E-state index in [0.29, 0.717) is 28.7 Å². The lowest BCUT2D eigenvalue weighted by atomic mass is 10.2. The van der Waals surface area contributed by atoms with Crippen LogP contribution in [0.15, 0.2) is 43.0 Å². The summed E-state index contributed by atoms with van der Waals surface area (Å²) in [6.45, 7) is 15.8. The molecule has 0 aliphatic heterocycles. The Morgan fingerprint density at radius 3 is 2.53 bits per heavy atom. The zero-order valence-corrected chi connectivity index (χ0v) is 26.2. The van der Waals surface area contributed by atoms with Crippen molar-refractivity contribution in [3.05, 3.63) is 54.2 Å². The van der Waals surface area contributed by atoms with E-state index in [9.17, 15) is 9.59 Å². The average molecular weight is 588 g/mol. The van der Waals surface area contributed by atoms with Crippen molar-refractivity contribution in [3.63, 3.8) is 0 Å². The number of methoxy groups -OCH3 is 1. The Balaban J connectivity index is 1.60. The zero-order chi connectivity index (χ0) is 31.2. The Bertz CT molecular complexity index is 1710. The largest absolute Gasteiger partial charge is 0.494 e. The number of alkyl carbamates (subject to hydrolysis) is 1. The highest BCUT2D eigenvalue weighted by Crippen LogP contribution is 2.43. The third-order valence-corrected chi connectivity index (χ3v) is 7.60. The quantitative estimate of drug-likeness (QED) is 0.174. The Morgan fingerprint density at radius 2 is 1.91 bits per heavy atom. The molecule has 1 aliphatic carbocycles. The molecule has 0 bridgehead atoms. The van der Waals surface area contributed by atoms with Gasteiger partial charge in [0.15, 0.2) is 5.82 Å². The van der Waals surface area contributed by atoms with Gasteiger partial charge in [0.25, 0.3) is 0 Å². The molecule has 1 fully saturated rings. The summed E-state index contributed by atoms with van der Waals surface area (Å²) in [6.07, 6.45) is 2.34. The summed E-state index contributed by atoms with van der Waals surface area (Å²) >= 11 is 0. The number of aryl methyl sites for hydroxylation is 1. The second-order valence-electron chi connectivity index (χ2n) is 12.5. The van der Waals surface area contributed by atoms with Gasteiger partial charge in [-0.2, -0.15) is 0 Å². The van der Waals surface area contributed by atoms with Crippen molar-refractivity contribution in [2.75, 3.05) is 7.11 Å². The number of carbonyl (C=O) groups is 2. The lowest BCUT2D eigenvalue weighted by molar-refractivity contribution is 0.0376. The molecule has 228 valence electrons. The molecule has 10 nitrogen and oxygen atoms in total. The van der Waals surface area contributed by atoms with Crippen molar-refractivity contribution in [2.24, 2.45) is 18.9 Å². The normalized spacial score (nSPS) is 17.2. The zero-order valence-electron chi connectivity index (χ0n) is 26.2. The van der Waals surface area contributed by atoms with E-state index in [1.165, 1.54) is 0 Å². The smallest absolute Gasteiger partial charge is 0.408 e. The summed E-state index contributed by atoms with van der Waals surface area (Å²) in [5.41, 5.74) is 3.61. The number of hydrogen-bond acceptors (Lipinski definition) is 7. The van der Waals surface area contributed by atoms with Crippen LogP contribution < -0.4 is 10.1 Å². The molecule has 4 aromatic rings. The molecule has 0 radical (unpaired) electrons. The number of carbonyl (C=O) groups excluding carboxylic acids is 2. The molecule has 0 saturated heterocycles. The SMILES string of the molecule is C=C[C@@H]1C[C@@H]1Cn1c(-c2nc3cc(C(=O)OC(C)C)cc(OC)c3n2C)cc2ccc([C@@H](C)NC(=O)OC(C)(C)C)nc21. The maximum Gasteiger partial charge on any atom is 0.408 e. The Kier molecular flexibility index (Phi) is 7.98. The molecule has 43 heavy (non-hydrogen) atoms. The van der Waals surface area contributed by atoms with E-state index in [0.717, 1.165) is 46.7 Å². The van der Waals surface area contributed by atoms with Crippen molar-refractivity contribution in [2.45, 2.75) is 72.3 Å². The highest BCUT2D eigenvalue weighted by atomic mass is 16.6. The molecule has 1 amide bonds. The summed E-state index contributed by atoms with van der Waals surface area (Å²) in [4.78, 5) is 35.2. The van der Waals surface area contributed by atoms with Crippen LogP contribution in [0.1, 0.15) is 70.1 Å². The minimum absolute atomic E-state index is 0.245. The molecule has 3 heterocycles. The number of ether oxygens (including phenoxy) is 3. The van der Waals surface area contributed by atoms with Crippen LogP contribution in [-0.2, 0) is 23.1 Å². The number of imidazole rings is 1. The number of esters is 1. The number of nitrogens with one attached hydrogen (secondary N) is 1. The number of hydrogen-bond donors (Lipinski definition) is 1. The van der Waals surface area contributed by atoms with Crippen molar-refractivity contribution in [1.29, 1.82) is 0 Å². The maximum absolute atomic E-state index is 12.7. The van der Waals surface area contributed by atoms with Gasteiger partial charge in [0.1, 0.15) is 22.5 Å². The number of rotatable bonds is 9. The summed E-state index contributed by atoms with van der Waals surface area (Å²) in [5, 5.41) is 3.85. The topological polar surface area (TPSA) is 110 Å². The van der Waals surface area contributed by atoms with Gasteiger partial charge in [-0.3, -0.25) is 0 Å². The van der Waals surface area contributed by atoms with Crippen LogP contribution in [0.2, 0.25) is 0 Å². The summed E-state index contributed by atoms with van der Waals surface area (Å²) in [6, 6.07) is 9.11. The standard InChI is InChI=1S/C33H41N5O5/c1-10-20-13-23(20)17-38-26(15-21-11-12-24(35-29(21)38)19(4)34-32(40)43-33(5,6)7)30-36-25-14-22(31(39)42-18(2)3)16-27(41-9)28(25)37(30)8/h10-12,14-16,18-20,23H,1,13,17H2,2-9H3,(H,34,40)/t19-,20-,23-/m1/s1. The van der Waals surface area contributed by atoms with E-state index in [1.807, 2.05) is 71.4 Å². The van der Waals surface area contributed by atoms with Gasteiger partial charge >= 0.3 is 12.1 Å². The predicted octanol–water partition coefficient (Wildman–Crippen LogP) is 6.57. The number of fused-ring (bicyclic) bond motifs is 2. The average Bonchev–Trinajstić information content (AvgIpc) is 3.48. The molecule has 1 aromatic carbocycles. The van der Waals surface area contributed by atoms with Crippen LogP contribution in [-0.4, -0.2) is 50.0 Å². The van der Waals surface area contributed by atoms with E-state index < -0.39 is 17.7 Å². The summed E-state index contributed by atoms with van der Waals surface area (Å²) in [5.74, 6) is 1.73. The first-order chi connectivity index (χ1) is 20.3. The molecular weight excluding hydrogens is 546 g/mol. The van der Waals surface area contributed by atoms with Crippen LogP contribution in [0.4, 0.5) is 4.79 Å². The van der Waals surface area contributed by atoms with Crippen molar-refractivity contribution >= 4 is 34.1 Å². The minimum Gasteiger partial charge on any atom is -0.494 e. The molecular formula is C33H41N5O5. The van der Waals surface area contributed by atoms with Crippen LogP contribution in [0.25, 0.3) is 33.6 Å². The van der Waals surface area contributed by atoms with Crippen LogP contribution >= 0.6 is 0 Å². The first-order valence-corrected chi connectivity index (χ1v) is 14.7. The Hall–Kier alpha value is -4.34. The van der Waals surface area contributed by atoms with Gasteiger partial charge in [-0.15, -0.1) is 6.58 Å². The van der Waals surface area contributed by atoms with Crippen molar-refractivity contribution < 1.29 is 23.8 Å². The van der Waals surface area contributed by atoms with E-state index in [1.54, 1.807) is 19.2 Å². The molecule has 1 aliphatic rings. The number of pyridine rings is 1. The fourth-order valence-electron chi connectivity index (χ4n) is 5.41. The van der Waals surface area contributed by atoms with E-state index in [4.69, 9.17) is 24.2 Å². The molecule has 0 unspecified atom stereocenters. The third-order valence-electron chi connectivity index (χ3n) is 7.60. The third kappa shape index (κ3) is 6.23. The second-order valence-corrected chi connectivity index (χ2v) is 12.5. The lowest BCUT2D eigenvalue weighted by Gasteiger charge is -2.22. The van der Waals surface area contributed by atoms with E-state index in [-0.39, 0.29) is 12.1 Å². The number of benzene rings is 1.